The number of aliphatic hydroxyl groups is 1. The topological polar surface area (TPSA) is 56.7 Å². The van der Waals surface area contributed by atoms with Gasteiger partial charge < -0.3 is 14.9 Å². The fourth-order valence-corrected chi connectivity index (χ4v) is 2.30. The monoisotopic (exact) mass is 313 g/mol. The average molecular weight is 313 g/mol. The van der Waals surface area contributed by atoms with Gasteiger partial charge in [0.15, 0.2) is 0 Å². The van der Waals surface area contributed by atoms with Crippen LogP contribution >= 0.6 is 0 Å². The van der Waals surface area contributed by atoms with E-state index in [1.165, 1.54) is 5.56 Å². The number of amides is 1. The number of pyridine rings is 1. The Kier molecular flexibility index (Phi) is 6.11. The molecule has 2 rings (SSSR count). The maximum absolute atomic E-state index is 12.6. The van der Waals surface area contributed by atoms with Crippen molar-refractivity contribution in [3.63, 3.8) is 0 Å². The lowest BCUT2D eigenvalue weighted by molar-refractivity contribution is 0.0723. The second-order valence-electron chi connectivity index (χ2n) is 5.55. The Balaban J connectivity index is 2.05. The minimum Gasteiger partial charge on any atom is -0.395 e. The lowest BCUT2D eigenvalue weighted by Crippen LogP contribution is -2.35. The van der Waals surface area contributed by atoms with Gasteiger partial charge in [-0.1, -0.05) is 30.3 Å². The molecular weight excluding hydrogens is 290 g/mol. The Morgan fingerprint density at radius 3 is 2.39 bits per heavy atom. The maximum Gasteiger partial charge on any atom is 0.255 e. The molecule has 0 radical (unpaired) electrons. The SMILES string of the molecule is CN(C)c1ccc(C(=O)N(CCO)CCc2ccccc2)cn1. The van der Waals surface area contributed by atoms with Crippen molar-refractivity contribution in [1.29, 1.82) is 0 Å². The molecule has 5 nitrogen and oxygen atoms in total. The Morgan fingerprint density at radius 2 is 1.83 bits per heavy atom. The highest BCUT2D eigenvalue weighted by Gasteiger charge is 2.15. The van der Waals surface area contributed by atoms with Crippen molar-refractivity contribution in [3.8, 4) is 0 Å². The van der Waals surface area contributed by atoms with Crippen LogP contribution in [0.5, 0.6) is 0 Å². The summed E-state index contributed by atoms with van der Waals surface area (Å²) in [5.74, 6) is 0.701. The predicted octanol–water partition coefficient (Wildman–Crippen LogP) is 1.82. The Hall–Kier alpha value is -2.40. The van der Waals surface area contributed by atoms with Gasteiger partial charge in [-0.2, -0.15) is 0 Å². The van der Waals surface area contributed by atoms with Crippen LogP contribution in [-0.2, 0) is 6.42 Å². The molecule has 5 heteroatoms. The van der Waals surface area contributed by atoms with Gasteiger partial charge in [0.2, 0.25) is 0 Å². The van der Waals surface area contributed by atoms with Crippen LogP contribution in [0.2, 0.25) is 0 Å². The van der Waals surface area contributed by atoms with E-state index in [4.69, 9.17) is 0 Å². The highest BCUT2D eigenvalue weighted by atomic mass is 16.3. The molecule has 1 N–H and O–H groups in total. The summed E-state index contributed by atoms with van der Waals surface area (Å²) < 4.78 is 0. The fraction of sp³-hybridized carbons (Fsp3) is 0.333. The first kappa shape index (κ1) is 17.0. The lowest BCUT2D eigenvalue weighted by atomic mass is 10.1. The van der Waals surface area contributed by atoms with Gasteiger partial charge in [0.25, 0.3) is 5.91 Å². The maximum atomic E-state index is 12.6. The number of nitrogens with zero attached hydrogens (tertiary/aromatic N) is 3. The zero-order chi connectivity index (χ0) is 16.7. The van der Waals surface area contributed by atoms with Gasteiger partial charge in [-0.25, -0.2) is 4.98 Å². The summed E-state index contributed by atoms with van der Waals surface area (Å²) in [5, 5.41) is 9.23. The summed E-state index contributed by atoms with van der Waals surface area (Å²) in [7, 11) is 3.81. The second-order valence-corrected chi connectivity index (χ2v) is 5.55. The van der Waals surface area contributed by atoms with E-state index >= 15 is 0 Å². The van der Waals surface area contributed by atoms with Crippen LogP contribution in [0.15, 0.2) is 48.7 Å². The molecule has 0 spiro atoms. The van der Waals surface area contributed by atoms with Crippen LogP contribution in [-0.4, -0.2) is 54.7 Å². The van der Waals surface area contributed by atoms with Crippen molar-refractivity contribution in [2.45, 2.75) is 6.42 Å². The molecule has 0 fully saturated rings. The molecule has 23 heavy (non-hydrogen) atoms. The molecule has 0 saturated carbocycles. The summed E-state index contributed by atoms with van der Waals surface area (Å²) in [5.41, 5.74) is 1.71. The van der Waals surface area contributed by atoms with Crippen LogP contribution < -0.4 is 4.90 Å². The molecule has 1 heterocycles. The number of hydrogen-bond donors (Lipinski definition) is 1. The van der Waals surface area contributed by atoms with Crippen molar-refractivity contribution in [2.75, 3.05) is 38.7 Å². The van der Waals surface area contributed by atoms with Gasteiger partial charge in [-0.3, -0.25) is 4.79 Å². The van der Waals surface area contributed by atoms with Crippen LogP contribution in [0.3, 0.4) is 0 Å². The zero-order valence-corrected chi connectivity index (χ0v) is 13.6. The molecule has 1 aromatic heterocycles. The van der Waals surface area contributed by atoms with E-state index < -0.39 is 0 Å². The van der Waals surface area contributed by atoms with E-state index in [0.29, 0.717) is 18.7 Å². The van der Waals surface area contributed by atoms with E-state index in [1.807, 2.05) is 55.4 Å². The first-order chi connectivity index (χ1) is 11.1. The van der Waals surface area contributed by atoms with E-state index in [0.717, 1.165) is 12.2 Å². The lowest BCUT2D eigenvalue weighted by Gasteiger charge is -2.22. The number of carbonyl (C=O) groups excluding carboxylic acids is 1. The molecular formula is C18H23N3O2. The van der Waals surface area contributed by atoms with Gasteiger partial charge in [0, 0.05) is 33.4 Å². The van der Waals surface area contributed by atoms with E-state index in [-0.39, 0.29) is 12.5 Å². The summed E-state index contributed by atoms with van der Waals surface area (Å²) >= 11 is 0. The van der Waals surface area contributed by atoms with Crippen LogP contribution in [0, 0.1) is 0 Å². The first-order valence-electron chi connectivity index (χ1n) is 7.69. The normalized spacial score (nSPS) is 10.4. The van der Waals surface area contributed by atoms with E-state index in [1.54, 1.807) is 17.2 Å². The highest BCUT2D eigenvalue weighted by Crippen LogP contribution is 2.11. The van der Waals surface area contributed by atoms with Crippen molar-refractivity contribution in [3.05, 3.63) is 59.8 Å². The van der Waals surface area contributed by atoms with Gasteiger partial charge in [0.05, 0.1) is 12.2 Å². The van der Waals surface area contributed by atoms with Crippen molar-refractivity contribution < 1.29 is 9.90 Å². The van der Waals surface area contributed by atoms with E-state index in [9.17, 15) is 9.90 Å². The van der Waals surface area contributed by atoms with Crippen LogP contribution in [0.1, 0.15) is 15.9 Å². The molecule has 122 valence electrons. The molecule has 1 aromatic carbocycles. The molecule has 0 aliphatic rings. The predicted molar refractivity (Wildman–Crippen MR) is 91.7 cm³/mol. The molecule has 0 aliphatic heterocycles. The third-order valence-corrected chi connectivity index (χ3v) is 3.62. The van der Waals surface area contributed by atoms with Crippen molar-refractivity contribution >= 4 is 11.7 Å². The Bertz CT molecular complexity index is 612. The zero-order valence-electron chi connectivity index (χ0n) is 13.6. The van der Waals surface area contributed by atoms with Crippen LogP contribution in [0.4, 0.5) is 5.82 Å². The van der Waals surface area contributed by atoms with Gasteiger partial charge in [-0.05, 0) is 24.1 Å². The van der Waals surface area contributed by atoms with Crippen LogP contribution in [0.25, 0.3) is 0 Å². The molecule has 0 saturated heterocycles. The minimum absolute atomic E-state index is 0.0518. The minimum atomic E-state index is -0.104. The summed E-state index contributed by atoms with van der Waals surface area (Å²) in [4.78, 5) is 20.4. The number of aliphatic hydroxyl groups excluding tert-OH is 1. The molecule has 0 aliphatic carbocycles. The molecule has 0 bridgehead atoms. The first-order valence-corrected chi connectivity index (χ1v) is 7.69. The molecule has 2 aromatic rings. The van der Waals surface area contributed by atoms with Gasteiger partial charge >= 0.3 is 0 Å². The standard InChI is InChI=1S/C18H23N3O2/c1-20(2)17-9-8-16(14-19-17)18(23)21(12-13-22)11-10-15-6-4-3-5-7-15/h3-9,14,22H,10-13H2,1-2H3. The number of carbonyl (C=O) groups is 1. The van der Waals surface area contributed by atoms with Crippen molar-refractivity contribution in [2.24, 2.45) is 0 Å². The largest absolute Gasteiger partial charge is 0.395 e. The Labute approximate surface area is 137 Å². The number of aromatic nitrogens is 1. The second kappa shape index (κ2) is 8.29. The number of rotatable bonds is 7. The quantitative estimate of drug-likeness (QED) is 0.847. The third kappa shape index (κ3) is 4.79. The highest BCUT2D eigenvalue weighted by molar-refractivity contribution is 5.94. The van der Waals surface area contributed by atoms with Gasteiger partial charge in [0.1, 0.15) is 5.82 Å². The molecule has 0 unspecified atom stereocenters. The number of hydrogen-bond acceptors (Lipinski definition) is 4. The van der Waals surface area contributed by atoms with Crippen molar-refractivity contribution in [1.82, 2.24) is 9.88 Å². The summed E-state index contributed by atoms with van der Waals surface area (Å²) in [6.07, 6.45) is 2.35. The Morgan fingerprint density at radius 1 is 1.09 bits per heavy atom. The number of benzene rings is 1. The number of anilines is 1. The van der Waals surface area contributed by atoms with E-state index in [2.05, 4.69) is 4.98 Å². The third-order valence-electron chi connectivity index (χ3n) is 3.62. The average Bonchev–Trinajstić information content (AvgIpc) is 2.59. The molecule has 0 atom stereocenters. The molecule has 1 amide bonds. The fourth-order valence-electron chi connectivity index (χ4n) is 2.30. The summed E-state index contributed by atoms with van der Waals surface area (Å²) in [6, 6.07) is 13.6. The summed E-state index contributed by atoms with van der Waals surface area (Å²) in [6.45, 7) is 0.837. The van der Waals surface area contributed by atoms with Gasteiger partial charge in [-0.15, -0.1) is 0 Å². The smallest absolute Gasteiger partial charge is 0.255 e.